The lowest BCUT2D eigenvalue weighted by Crippen LogP contribution is -2.32. The SMILES string of the molecule is CC(=O)NC(=S)Nc1cccc(CCC(=O)N(C)C)c1. The molecule has 2 amide bonds. The summed E-state index contributed by atoms with van der Waals surface area (Å²) in [5.41, 5.74) is 1.83. The van der Waals surface area contributed by atoms with E-state index in [0.717, 1.165) is 11.3 Å². The molecule has 5 nitrogen and oxygen atoms in total. The minimum atomic E-state index is -0.213. The van der Waals surface area contributed by atoms with Gasteiger partial charge in [0.15, 0.2) is 5.11 Å². The summed E-state index contributed by atoms with van der Waals surface area (Å²) in [5, 5.41) is 5.69. The first-order chi connectivity index (χ1) is 9.38. The zero-order chi connectivity index (χ0) is 15.1. The summed E-state index contributed by atoms with van der Waals surface area (Å²) in [5.74, 6) is -0.118. The van der Waals surface area contributed by atoms with Crippen LogP contribution in [0.25, 0.3) is 0 Å². The van der Waals surface area contributed by atoms with Gasteiger partial charge >= 0.3 is 0 Å². The minimum Gasteiger partial charge on any atom is -0.349 e. The Balaban J connectivity index is 2.59. The summed E-state index contributed by atoms with van der Waals surface area (Å²) in [4.78, 5) is 24.0. The average Bonchev–Trinajstić information content (AvgIpc) is 2.35. The number of anilines is 1. The van der Waals surface area contributed by atoms with Crippen LogP contribution >= 0.6 is 12.2 Å². The third kappa shape index (κ3) is 5.79. The molecule has 0 aliphatic carbocycles. The quantitative estimate of drug-likeness (QED) is 0.827. The predicted octanol–water partition coefficient (Wildman–Crippen LogP) is 1.54. The normalized spacial score (nSPS) is 9.75. The summed E-state index contributed by atoms with van der Waals surface area (Å²) in [6.45, 7) is 1.40. The topological polar surface area (TPSA) is 61.4 Å². The summed E-state index contributed by atoms with van der Waals surface area (Å²) >= 11 is 4.99. The van der Waals surface area contributed by atoms with Gasteiger partial charge in [0, 0.05) is 33.1 Å². The molecule has 1 aromatic carbocycles. The highest BCUT2D eigenvalue weighted by molar-refractivity contribution is 7.80. The van der Waals surface area contributed by atoms with Gasteiger partial charge in [-0.1, -0.05) is 12.1 Å². The van der Waals surface area contributed by atoms with Crippen molar-refractivity contribution in [3.8, 4) is 0 Å². The Kier molecular flexibility index (Phi) is 6.11. The molecule has 108 valence electrons. The van der Waals surface area contributed by atoms with E-state index in [4.69, 9.17) is 12.2 Å². The van der Waals surface area contributed by atoms with Crippen molar-refractivity contribution >= 4 is 34.8 Å². The smallest absolute Gasteiger partial charge is 0.222 e. The molecule has 0 bridgehead atoms. The maximum Gasteiger partial charge on any atom is 0.222 e. The van der Waals surface area contributed by atoms with Gasteiger partial charge in [-0.25, -0.2) is 0 Å². The van der Waals surface area contributed by atoms with Crippen LogP contribution in [0.3, 0.4) is 0 Å². The zero-order valence-corrected chi connectivity index (χ0v) is 12.7. The number of carbonyl (C=O) groups is 2. The zero-order valence-electron chi connectivity index (χ0n) is 11.9. The van der Waals surface area contributed by atoms with Crippen LogP contribution in [0, 0.1) is 0 Å². The molecule has 6 heteroatoms. The van der Waals surface area contributed by atoms with Crippen molar-refractivity contribution in [1.82, 2.24) is 10.2 Å². The molecule has 2 N–H and O–H groups in total. The van der Waals surface area contributed by atoms with E-state index in [1.54, 1.807) is 19.0 Å². The molecule has 20 heavy (non-hydrogen) atoms. The summed E-state index contributed by atoms with van der Waals surface area (Å²) in [6.07, 6.45) is 1.13. The first kappa shape index (κ1) is 16.1. The maximum absolute atomic E-state index is 11.5. The van der Waals surface area contributed by atoms with Crippen molar-refractivity contribution in [2.24, 2.45) is 0 Å². The average molecular weight is 293 g/mol. The standard InChI is InChI=1S/C14H19N3O2S/c1-10(18)15-14(20)16-12-6-4-5-11(9-12)7-8-13(19)17(2)3/h4-6,9H,7-8H2,1-3H3,(H2,15,16,18,20). The fourth-order valence-electron chi connectivity index (χ4n) is 1.60. The highest BCUT2D eigenvalue weighted by Gasteiger charge is 2.05. The van der Waals surface area contributed by atoms with E-state index in [0.29, 0.717) is 12.8 Å². The van der Waals surface area contributed by atoms with Gasteiger partial charge in [0.1, 0.15) is 0 Å². The van der Waals surface area contributed by atoms with Gasteiger partial charge in [0.25, 0.3) is 0 Å². The van der Waals surface area contributed by atoms with E-state index in [9.17, 15) is 9.59 Å². The van der Waals surface area contributed by atoms with Gasteiger partial charge in [-0.3, -0.25) is 9.59 Å². The lowest BCUT2D eigenvalue weighted by Gasteiger charge is -2.11. The molecule has 0 aliphatic heterocycles. The van der Waals surface area contributed by atoms with Crippen molar-refractivity contribution < 1.29 is 9.59 Å². The monoisotopic (exact) mass is 293 g/mol. The molecule has 1 rings (SSSR count). The Morgan fingerprint density at radius 2 is 2.00 bits per heavy atom. The predicted molar refractivity (Wildman–Crippen MR) is 83.5 cm³/mol. The summed E-state index contributed by atoms with van der Waals surface area (Å²) < 4.78 is 0. The van der Waals surface area contributed by atoms with Crippen LogP contribution in [0.2, 0.25) is 0 Å². The second-order valence-electron chi connectivity index (χ2n) is 4.62. The third-order valence-electron chi connectivity index (χ3n) is 2.60. The van der Waals surface area contributed by atoms with Crippen LogP contribution in [0.5, 0.6) is 0 Å². The van der Waals surface area contributed by atoms with E-state index in [2.05, 4.69) is 10.6 Å². The first-order valence-electron chi connectivity index (χ1n) is 6.26. The molecule has 0 spiro atoms. The van der Waals surface area contributed by atoms with Gasteiger partial charge in [0.05, 0.1) is 0 Å². The van der Waals surface area contributed by atoms with Crippen molar-refractivity contribution in [3.63, 3.8) is 0 Å². The van der Waals surface area contributed by atoms with Crippen LogP contribution in [0.15, 0.2) is 24.3 Å². The van der Waals surface area contributed by atoms with Gasteiger partial charge in [-0.05, 0) is 36.3 Å². The Labute approximate surface area is 124 Å². The lowest BCUT2D eigenvalue weighted by atomic mass is 10.1. The number of aryl methyl sites for hydroxylation is 1. The van der Waals surface area contributed by atoms with Crippen LogP contribution in [0.4, 0.5) is 5.69 Å². The lowest BCUT2D eigenvalue weighted by molar-refractivity contribution is -0.128. The van der Waals surface area contributed by atoms with E-state index in [1.807, 2.05) is 24.3 Å². The highest BCUT2D eigenvalue weighted by Crippen LogP contribution is 2.12. The number of hydrogen-bond acceptors (Lipinski definition) is 3. The largest absolute Gasteiger partial charge is 0.349 e. The van der Waals surface area contributed by atoms with Crippen LogP contribution in [-0.4, -0.2) is 35.9 Å². The molecule has 1 aromatic rings. The number of thiocarbonyl (C=S) groups is 1. The summed E-state index contributed by atoms with van der Waals surface area (Å²) in [7, 11) is 3.48. The van der Waals surface area contributed by atoms with Crippen LogP contribution in [0.1, 0.15) is 18.9 Å². The van der Waals surface area contributed by atoms with E-state index < -0.39 is 0 Å². The van der Waals surface area contributed by atoms with Gasteiger partial charge in [0.2, 0.25) is 11.8 Å². The molecule has 0 radical (unpaired) electrons. The fraction of sp³-hybridized carbons (Fsp3) is 0.357. The van der Waals surface area contributed by atoms with Crippen molar-refractivity contribution in [2.45, 2.75) is 19.8 Å². The maximum atomic E-state index is 11.5. The third-order valence-corrected chi connectivity index (χ3v) is 2.80. The molecule has 0 fully saturated rings. The Bertz CT molecular complexity index is 515. The number of amides is 2. The molecular formula is C14H19N3O2S. The Morgan fingerprint density at radius 1 is 1.30 bits per heavy atom. The number of hydrogen-bond donors (Lipinski definition) is 2. The molecule has 0 saturated carbocycles. The van der Waals surface area contributed by atoms with Gasteiger partial charge < -0.3 is 15.5 Å². The summed E-state index contributed by atoms with van der Waals surface area (Å²) in [6, 6.07) is 7.60. The van der Waals surface area contributed by atoms with Gasteiger partial charge in [-0.2, -0.15) is 0 Å². The second-order valence-corrected chi connectivity index (χ2v) is 5.03. The van der Waals surface area contributed by atoms with Gasteiger partial charge in [-0.15, -0.1) is 0 Å². The van der Waals surface area contributed by atoms with Crippen molar-refractivity contribution in [3.05, 3.63) is 29.8 Å². The Hall–Kier alpha value is -1.95. The fourth-order valence-corrected chi connectivity index (χ4v) is 1.86. The molecule has 0 heterocycles. The van der Waals surface area contributed by atoms with Crippen LogP contribution < -0.4 is 10.6 Å². The van der Waals surface area contributed by atoms with E-state index in [-0.39, 0.29) is 16.9 Å². The van der Waals surface area contributed by atoms with E-state index >= 15 is 0 Å². The van der Waals surface area contributed by atoms with Crippen molar-refractivity contribution in [1.29, 1.82) is 0 Å². The Morgan fingerprint density at radius 3 is 2.60 bits per heavy atom. The second kappa shape index (κ2) is 7.59. The number of carbonyl (C=O) groups excluding carboxylic acids is 2. The highest BCUT2D eigenvalue weighted by atomic mass is 32.1. The number of nitrogens with zero attached hydrogens (tertiary/aromatic N) is 1. The molecule has 0 aliphatic rings. The van der Waals surface area contributed by atoms with Crippen molar-refractivity contribution in [2.75, 3.05) is 19.4 Å². The van der Waals surface area contributed by atoms with Crippen LogP contribution in [-0.2, 0) is 16.0 Å². The molecule has 0 saturated heterocycles. The number of benzene rings is 1. The molecule has 0 aromatic heterocycles. The van der Waals surface area contributed by atoms with E-state index in [1.165, 1.54) is 6.92 Å². The first-order valence-corrected chi connectivity index (χ1v) is 6.67. The minimum absolute atomic E-state index is 0.0946. The molecule has 0 unspecified atom stereocenters. The molecular weight excluding hydrogens is 274 g/mol. The number of rotatable bonds is 4. The number of nitrogens with one attached hydrogen (secondary N) is 2. The molecule has 0 atom stereocenters.